The van der Waals surface area contributed by atoms with Crippen molar-refractivity contribution in [3.63, 3.8) is 0 Å². The molecule has 1 aliphatic heterocycles. The maximum Gasteiger partial charge on any atom is 0.226 e. The Balaban J connectivity index is 1.31. The molecule has 0 amide bonds. The van der Waals surface area contributed by atoms with Crippen LogP contribution in [0, 0.1) is 0 Å². The van der Waals surface area contributed by atoms with Crippen LogP contribution in [-0.2, 0) is 13.0 Å². The molecule has 3 aromatic rings. The number of para-hydroxylation sites is 1. The second-order valence-corrected chi connectivity index (χ2v) is 7.54. The molecule has 146 valence electrons. The van der Waals surface area contributed by atoms with Crippen molar-refractivity contribution >= 4 is 5.69 Å². The first kappa shape index (κ1) is 18.8. The van der Waals surface area contributed by atoms with E-state index >= 15 is 0 Å². The van der Waals surface area contributed by atoms with Crippen LogP contribution in [0.5, 0.6) is 0 Å². The number of hydrogen-bond acceptors (Lipinski definition) is 4. The molecule has 1 aliphatic rings. The Hall–Kier alpha value is -2.59. The summed E-state index contributed by atoms with van der Waals surface area (Å²) >= 11 is 0. The number of unbranched alkanes of at least 4 members (excludes halogenated alkanes) is 1. The van der Waals surface area contributed by atoms with Crippen LogP contribution in [0.4, 0.5) is 5.69 Å². The molecule has 28 heavy (non-hydrogen) atoms. The summed E-state index contributed by atoms with van der Waals surface area (Å²) in [4.78, 5) is 9.62. The fourth-order valence-corrected chi connectivity index (χ4v) is 3.74. The van der Waals surface area contributed by atoms with Gasteiger partial charge in [0.25, 0.3) is 0 Å². The van der Waals surface area contributed by atoms with Gasteiger partial charge in [-0.15, -0.1) is 0 Å². The summed E-state index contributed by atoms with van der Waals surface area (Å²) in [6, 6.07) is 19.3. The topological polar surface area (TPSA) is 32.5 Å². The monoisotopic (exact) mass is 375 g/mol. The molecular weight excluding hydrogens is 346 g/mol. The van der Waals surface area contributed by atoms with E-state index in [0.717, 1.165) is 56.3 Å². The predicted molar refractivity (Wildman–Crippen MR) is 114 cm³/mol. The number of aryl methyl sites for hydroxylation is 1. The number of benzene rings is 2. The third-order valence-corrected chi connectivity index (χ3v) is 5.45. The van der Waals surface area contributed by atoms with Gasteiger partial charge in [0.1, 0.15) is 6.26 Å². The molecule has 1 aromatic heterocycles. The van der Waals surface area contributed by atoms with Crippen molar-refractivity contribution in [1.29, 1.82) is 0 Å². The lowest BCUT2D eigenvalue weighted by Gasteiger charge is -2.35. The fourth-order valence-electron chi connectivity index (χ4n) is 3.74. The van der Waals surface area contributed by atoms with Crippen LogP contribution in [0.25, 0.3) is 11.5 Å². The van der Waals surface area contributed by atoms with E-state index < -0.39 is 0 Å². The number of nitrogens with zero attached hydrogens (tertiary/aromatic N) is 3. The molecular formula is C24H29N3O. The van der Waals surface area contributed by atoms with Crippen LogP contribution in [0.15, 0.2) is 65.3 Å². The van der Waals surface area contributed by atoms with Gasteiger partial charge in [-0.1, -0.05) is 43.7 Å². The van der Waals surface area contributed by atoms with E-state index in [1.165, 1.54) is 24.1 Å². The van der Waals surface area contributed by atoms with E-state index in [2.05, 4.69) is 71.3 Å². The zero-order valence-corrected chi connectivity index (χ0v) is 16.7. The molecule has 0 bridgehead atoms. The number of piperazine rings is 1. The minimum Gasteiger partial charge on any atom is -0.444 e. The Morgan fingerprint density at radius 3 is 2.39 bits per heavy atom. The molecule has 0 aliphatic carbocycles. The van der Waals surface area contributed by atoms with Gasteiger partial charge in [0, 0.05) is 44.0 Å². The Morgan fingerprint density at radius 1 is 0.929 bits per heavy atom. The van der Waals surface area contributed by atoms with Gasteiger partial charge < -0.3 is 9.32 Å². The number of aromatic nitrogens is 1. The molecule has 1 fully saturated rings. The first-order valence-corrected chi connectivity index (χ1v) is 10.4. The summed E-state index contributed by atoms with van der Waals surface area (Å²) in [6.45, 7) is 7.26. The van der Waals surface area contributed by atoms with Gasteiger partial charge in [-0.25, -0.2) is 4.98 Å². The van der Waals surface area contributed by atoms with E-state index in [9.17, 15) is 0 Å². The van der Waals surface area contributed by atoms with Crippen molar-refractivity contribution in [2.24, 2.45) is 0 Å². The van der Waals surface area contributed by atoms with Gasteiger partial charge in [0.2, 0.25) is 5.89 Å². The fraction of sp³-hybridized carbons (Fsp3) is 0.375. The van der Waals surface area contributed by atoms with Crippen molar-refractivity contribution in [2.45, 2.75) is 32.7 Å². The Bertz CT molecular complexity index is 849. The minimum atomic E-state index is 0.722. The third-order valence-electron chi connectivity index (χ3n) is 5.45. The van der Waals surface area contributed by atoms with Gasteiger partial charge in [0.05, 0.1) is 5.69 Å². The lowest BCUT2D eigenvalue weighted by molar-refractivity contribution is 0.247. The molecule has 0 spiro atoms. The van der Waals surface area contributed by atoms with E-state index in [4.69, 9.17) is 9.40 Å². The molecule has 2 aromatic carbocycles. The van der Waals surface area contributed by atoms with Crippen LogP contribution in [0.1, 0.15) is 31.0 Å². The summed E-state index contributed by atoms with van der Waals surface area (Å²) < 4.78 is 5.76. The molecule has 1 saturated heterocycles. The van der Waals surface area contributed by atoms with Crippen molar-refractivity contribution in [1.82, 2.24) is 9.88 Å². The smallest absolute Gasteiger partial charge is 0.226 e. The van der Waals surface area contributed by atoms with Crippen LogP contribution in [0.3, 0.4) is 0 Å². The molecule has 2 heterocycles. The minimum absolute atomic E-state index is 0.722. The first-order valence-electron chi connectivity index (χ1n) is 10.4. The standard InChI is InChI=1S/C24H29N3O/c1-2-3-7-20-10-12-21(13-11-20)24-25-22(19-28-24)18-26-14-16-27(17-15-26)23-8-5-4-6-9-23/h4-6,8-13,19H,2-3,7,14-18H2,1H3. The number of hydrogen-bond donors (Lipinski definition) is 0. The molecule has 4 heteroatoms. The largest absolute Gasteiger partial charge is 0.444 e. The summed E-state index contributed by atoms with van der Waals surface area (Å²) in [5.41, 5.74) is 4.76. The first-order chi connectivity index (χ1) is 13.8. The molecule has 0 unspecified atom stereocenters. The summed E-state index contributed by atoms with van der Waals surface area (Å²) in [5, 5.41) is 0. The summed E-state index contributed by atoms with van der Waals surface area (Å²) in [6.07, 6.45) is 5.41. The highest BCUT2D eigenvalue weighted by atomic mass is 16.3. The highest BCUT2D eigenvalue weighted by Gasteiger charge is 2.18. The molecule has 4 rings (SSSR count). The molecule has 0 saturated carbocycles. The Labute approximate surface area is 167 Å². The van der Waals surface area contributed by atoms with Crippen LogP contribution < -0.4 is 4.90 Å². The van der Waals surface area contributed by atoms with E-state index in [-0.39, 0.29) is 0 Å². The van der Waals surface area contributed by atoms with Crippen molar-refractivity contribution in [3.8, 4) is 11.5 Å². The van der Waals surface area contributed by atoms with Gasteiger partial charge in [-0.3, -0.25) is 4.90 Å². The summed E-state index contributed by atoms with van der Waals surface area (Å²) in [7, 11) is 0. The zero-order valence-electron chi connectivity index (χ0n) is 16.7. The van der Waals surface area contributed by atoms with Crippen LogP contribution in [-0.4, -0.2) is 36.1 Å². The third kappa shape index (κ3) is 4.63. The average Bonchev–Trinajstić information content (AvgIpc) is 3.22. The normalized spacial score (nSPS) is 15.1. The second kappa shape index (κ2) is 9.07. The lowest BCUT2D eigenvalue weighted by atomic mass is 10.1. The summed E-state index contributed by atoms with van der Waals surface area (Å²) in [5.74, 6) is 0.722. The maximum absolute atomic E-state index is 5.76. The molecule has 0 atom stereocenters. The Morgan fingerprint density at radius 2 is 1.68 bits per heavy atom. The Kier molecular flexibility index (Phi) is 6.07. The molecule has 0 radical (unpaired) electrons. The molecule has 4 nitrogen and oxygen atoms in total. The highest BCUT2D eigenvalue weighted by molar-refractivity contribution is 5.53. The number of anilines is 1. The van der Waals surface area contributed by atoms with Gasteiger partial charge in [0.15, 0.2) is 0 Å². The van der Waals surface area contributed by atoms with E-state index in [0.29, 0.717) is 0 Å². The van der Waals surface area contributed by atoms with E-state index in [1.807, 2.05) is 6.26 Å². The van der Waals surface area contributed by atoms with Crippen molar-refractivity contribution in [2.75, 3.05) is 31.1 Å². The zero-order chi connectivity index (χ0) is 19.2. The van der Waals surface area contributed by atoms with Gasteiger partial charge in [-0.05, 0) is 42.7 Å². The van der Waals surface area contributed by atoms with Crippen LogP contribution >= 0.6 is 0 Å². The quantitative estimate of drug-likeness (QED) is 0.581. The predicted octanol–water partition coefficient (Wildman–Crippen LogP) is 5.01. The van der Waals surface area contributed by atoms with Gasteiger partial charge >= 0.3 is 0 Å². The lowest BCUT2D eigenvalue weighted by Crippen LogP contribution is -2.46. The SMILES string of the molecule is CCCCc1ccc(-c2nc(CN3CCN(c4ccccc4)CC3)co2)cc1. The van der Waals surface area contributed by atoms with Crippen molar-refractivity contribution < 1.29 is 4.42 Å². The maximum atomic E-state index is 5.76. The average molecular weight is 376 g/mol. The highest BCUT2D eigenvalue weighted by Crippen LogP contribution is 2.21. The number of rotatable bonds is 7. The van der Waals surface area contributed by atoms with Gasteiger partial charge in [-0.2, -0.15) is 0 Å². The number of oxazole rings is 1. The van der Waals surface area contributed by atoms with E-state index in [1.54, 1.807) is 0 Å². The molecule has 0 N–H and O–H groups in total. The second-order valence-electron chi connectivity index (χ2n) is 7.54. The van der Waals surface area contributed by atoms with Crippen molar-refractivity contribution in [3.05, 3.63) is 72.1 Å². The van der Waals surface area contributed by atoms with Crippen LogP contribution in [0.2, 0.25) is 0 Å².